The van der Waals surface area contributed by atoms with E-state index in [0.717, 1.165) is 5.56 Å². The molecule has 1 aliphatic carbocycles. The highest BCUT2D eigenvalue weighted by molar-refractivity contribution is 6.08. The van der Waals surface area contributed by atoms with Crippen LogP contribution in [-0.4, -0.2) is 42.8 Å². The number of carboxylic acids is 1. The van der Waals surface area contributed by atoms with Gasteiger partial charge in [0, 0.05) is 5.92 Å². The van der Waals surface area contributed by atoms with Crippen LogP contribution in [-0.2, 0) is 16.0 Å². The summed E-state index contributed by atoms with van der Waals surface area (Å²) in [4.78, 5) is 35.3. The number of hydrogen-bond acceptors (Lipinski definition) is 5. The summed E-state index contributed by atoms with van der Waals surface area (Å²) in [6, 6.07) is 4.76. The first-order valence-corrected chi connectivity index (χ1v) is 7.98. The van der Waals surface area contributed by atoms with Crippen molar-refractivity contribution >= 4 is 17.9 Å². The number of carbonyl (C=O) groups excluding carboxylic acids is 2. The number of nitrogens with one attached hydrogen (secondary N) is 2. The summed E-state index contributed by atoms with van der Waals surface area (Å²) in [7, 11) is 3.10. The molecule has 0 bridgehead atoms. The zero-order valence-electron chi connectivity index (χ0n) is 14.0. The minimum absolute atomic E-state index is 0.280. The third kappa shape index (κ3) is 2.99. The number of aliphatic carboxylic acids is 1. The number of amides is 3. The lowest BCUT2D eigenvalue weighted by molar-refractivity contribution is -0.139. The van der Waals surface area contributed by atoms with E-state index in [1.165, 1.54) is 0 Å². The molecule has 1 aromatic rings. The van der Waals surface area contributed by atoms with E-state index in [0.29, 0.717) is 24.3 Å². The quantitative estimate of drug-likeness (QED) is 0.632. The van der Waals surface area contributed by atoms with Gasteiger partial charge in [0.2, 0.25) is 0 Å². The average molecular weight is 348 g/mol. The second-order valence-electron chi connectivity index (χ2n) is 6.34. The number of ether oxygens (including phenoxy) is 2. The molecule has 8 nitrogen and oxygen atoms in total. The first-order valence-electron chi connectivity index (χ1n) is 7.98. The number of hydrogen-bond donors (Lipinski definition) is 3. The van der Waals surface area contributed by atoms with E-state index in [9.17, 15) is 19.5 Å². The third-order valence-corrected chi connectivity index (χ3v) is 4.99. The molecule has 1 saturated carbocycles. The molecule has 0 radical (unpaired) electrons. The molecule has 1 aliphatic heterocycles. The van der Waals surface area contributed by atoms with E-state index in [1.807, 2.05) is 6.07 Å². The van der Waals surface area contributed by atoms with Crippen LogP contribution in [0.1, 0.15) is 18.4 Å². The molecular formula is C17H20N2O6. The van der Waals surface area contributed by atoms with Crippen molar-refractivity contribution in [3.8, 4) is 11.5 Å². The second-order valence-corrected chi connectivity index (χ2v) is 6.34. The van der Waals surface area contributed by atoms with Crippen LogP contribution in [0.25, 0.3) is 0 Å². The number of benzene rings is 1. The maximum atomic E-state index is 12.4. The van der Waals surface area contributed by atoms with Crippen molar-refractivity contribution in [1.29, 1.82) is 0 Å². The molecule has 0 spiro atoms. The van der Waals surface area contributed by atoms with E-state index in [2.05, 4.69) is 10.6 Å². The number of urea groups is 1. The van der Waals surface area contributed by atoms with Gasteiger partial charge < -0.3 is 19.9 Å². The largest absolute Gasteiger partial charge is 0.497 e. The molecule has 1 heterocycles. The lowest BCUT2D eigenvalue weighted by Gasteiger charge is -2.26. The molecule has 3 atom stereocenters. The van der Waals surface area contributed by atoms with Gasteiger partial charge in [-0.2, -0.15) is 0 Å². The van der Waals surface area contributed by atoms with Crippen LogP contribution >= 0.6 is 0 Å². The van der Waals surface area contributed by atoms with E-state index in [4.69, 9.17) is 9.47 Å². The standard InChI is InChI=1S/C17H20N2O6/c1-24-10-3-4-13(25-2)9(7-10)5-6-17(12-8-11(12)14(20)21)15(22)18-16(23)19-17/h3-4,7,11-12H,5-6,8H2,1-2H3,(H,20,21)(H2,18,19,22,23)/t11-,12-,17?/m0/s1. The lowest BCUT2D eigenvalue weighted by atomic mass is 9.85. The molecular weight excluding hydrogens is 328 g/mol. The summed E-state index contributed by atoms with van der Waals surface area (Å²) in [5, 5.41) is 14.1. The summed E-state index contributed by atoms with van der Waals surface area (Å²) < 4.78 is 10.6. The molecule has 25 heavy (non-hydrogen) atoms. The Bertz CT molecular complexity index is 734. The number of carboxylic acid groups (broad SMARTS) is 1. The molecule has 1 unspecified atom stereocenters. The predicted octanol–water partition coefficient (Wildman–Crippen LogP) is 0.935. The van der Waals surface area contributed by atoms with Gasteiger partial charge in [-0.25, -0.2) is 4.79 Å². The molecule has 3 rings (SSSR count). The summed E-state index contributed by atoms with van der Waals surface area (Å²) in [6.07, 6.45) is 1.08. The van der Waals surface area contributed by atoms with Crippen LogP contribution in [0.4, 0.5) is 4.79 Å². The Balaban J connectivity index is 1.84. The number of imide groups is 1. The smallest absolute Gasteiger partial charge is 0.322 e. The Hall–Kier alpha value is -2.77. The Morgan fingerprint density at radius 1 is 1.32 bits per heavy atom. The van der Waals surface area contributed by atoms with Gasteiger partial charge in [0.05, 0.1) is 20.1 Å². The fourth-order valence-electron chi connectivity index (χ4n) is 3.55. The van der Waals surface area contributed by atoms with E-state index >= 15 is 0 Å². The van der Waals surface area contributed by atoms with Crippen molar-refractivity contribution < 1.29 is 29.0 Å². The van der Waals surface area contributed by atoms with Crippen LogP contribution < -0.4 is 20.1 Å². The number of aryl methyl sites for hydroxylation is 1. The highest BCUT2D eigenvalue weighted by Crippen LogP contribution is 2.49. The normalized spacial score (nSPS) is 27.4. The number of carbonyl (C=O) groups is 3. The highest BCUT2D eigenvalue weighted by atomic mass is 16.5. The maximum Gasteiger partial charge on any atom is 0.322 e. The van der Waals surface area contributed by atoms with Crippen molar-refractivity contribution in [2.75, 3.05) is 14.2 Å². The molecule has 1 aromatic carbocycles. The second kappa shape index (κ2) is 6.27. The zero-order chi connectivity index (χ0) is 18.2. The Morgan fingerprint density at radius 3 is 2.60 bits per heavy atom. The molecule has 3 N–H and O–H groups in total. The fraction of sp³-hybridized carbons (Fsp3) is 0.471. The SMILES string of the molecule is COc1ccc(OC)c(CCC2([C@H]3C[C@@H]3C(=O)O)NC(=O)NC2=O)c1. The van der Waals surface area contributed by atoms with Crippen LogP contribution in [0, 0.1) is 11.8 Å². The molecule has 3 amide bonds. The third-order valence-electron chi connectivity index (χ3n) is 4.99. The molecule has 0 aromatic heterocycles. The van der Waals surface area contributed by atoms with Gasteiger partial charge in [0.25, 0.3) is 5.91 Å². The average Bonchev–Trinajstić information content (AvgIpc) is 3.34. The van der Waals surface area contributed by atoms with Crippen LogP contribution in [0.15, 0.2) is 18.2 Å². The minimum atomic E-state index is -1.20. The summed E-state index contributed by atoms with van der Waals surface area (Å²) in [6.45, 7) is 0. The Kier molecular flexibility index (Phi) is 4.28. The molecule has 1 saturated heterocycles. The minimum Gasteiger partial charge on any atom is -0.497 e. The first-order chi connectivity index (χ1) is 11.9. The van der Waals surface area contributed by atoms with Crippen molar-refractivity contribution in [2.24, 2.45) is 11.8 Å². The summed E-state index contributed by atoms with van der Waals surface area (Å²) >= 11 is 0. The van der Waals surface area contributed by atoms with Gasteiger partial charge in [-0.15, -0.1) is 0 Å². The van der Waals surface area contributed by atoms with Crippen molar-refractivity contribution in [3.05, 3.63) is 23.8 Å². The van der Waals surface area contributed by atoms with Gasteiger partial charge in [0.15, 0.2) is 0 Å². The maximum absolute atomic E-state index is 12.4. The Labute approximate surface area is 144 Å². The summed E-state index contributed by atoms with van der Waals surface area (Å²) in [5.41, 5.74) is -0.378. The lowest BCUT2D eigenvalue weighted by Crippen LogP contribution is -2.50. The van der Waals surface area contributed by atoms with Gasteiger partial charge in [-0.1, -0.05) is 0 Å². The zero-order valence-corrected chi connectivity index (χ0v) is 14.0. The Morgan fingerprint density at radius 2 is 2.08 bits per heavy atom. The van der Waals surface area contributed by atoms with Crippen molar-refractivity contribution in [1.82, 2.24) is 10.6 Å². The fourth-order valence-corrected chi connectivity index (χ4v) is 3.55. The molecule has 8 heteroatoms. The number of rotatable bonds is 7. The first kappa shape index (κ1) is 17.1. The van der Waals surface area contributed by atoms with Crippen LogP contribution in [0.2, 0.25) is 0 Å². The van der Waals surface area contributed by atoms with E-state index in [1.54, 1.807) is 26.4 Å². The van der Waals surface area contributed by atoms with Gasteiger partial charge in [-0.3, -0.25) is 14.9 Å². The van der Waals surface area contributed by atoms with Gasteiger partial charge >= 0.3 is 12.0 Å². The van der Waals surface area contributed by atoms with Crippen LogP contribution in [0.3, 0.4) is 0 Å². The van der Waals surface area contributed by atoms with Gasteiger partial charge in [0.1, 0.15) is 17.0 Å². The van der Waals surface area contributed by atoms with E-state index < -0.39 is 35.3 Å². The molecule has 2 fully saturated rings. The van der Waals surface area contributed by atoms with Crippen molar-refractivity contribution in [2.45, 2.75) is 24.8 Å². The van der Waals surface area contributed by atoms with Gasteiger partial charge in [-0.05, 0) is 43.0 Å². The predicted molar refractivity (Wildman–Crippen MR) is 86.5 cm³/mol. The molecule has 134 valence electrons. The topological polar surface area (TPSA) is 114 Å². The van der Waals surface area contributed by atoms with Crippen LogP contribution in [0.5, 0.6) is 11.5 Å². The van der Waals surface area contributed by atoms with E-state index in [-0.39, 0.29) is 6.42 Å². The molecule has 2 aliphatic rings. The van der Waals surface area contributed by atoms with Crippen molar-refractivity contribution in [3.63, 3.8) is 0 Å². The highest BCUT2D eigenvalue weighted by Gasteiger charge is 2.62. The summed E-state index contributed by atoms with van der Waals surface area (Å²) in [5.74, 6) is -1.14. The number of methoxy groups -OCH3 is 2. The monoisotopic (exact) mass is 348 g/mol.